The number of carbonyl (C=O) groups excluding carboxylic acids is 2. The zero-order valence-corrected chi connectivity index (χ0v) is 19.9. The Morgan fingerprint density at radius 1 is 1.09 bits per heavy atom. The predicted octanol–water partition coefficient (Wildman–Crippen LogP) is 5.72. The molecule has 2 aromatic rings. The van der Waals surface area contributed by atoms with E-state index in [2.05, 4.69) is 39.5 Å². The second-order valence-electron chi connectivity index (χ2n) is 9.57. The van der Waals surface area contributed by atoms with Crippen LogP contribution in [0.2, 0.25) is 0 Å². The number of Topliss-reactive ketones (excluding diaryl/α,β-unsaturated/α-hetero) is 1. The van der Waals surface area contributed by atoms with Gasteiger partial charge in [0.15, 0.2) is 5.78 Å². The van der Waals surface area contributed by atoms with Crippen molar-refractivity contribution in [2.45, 2.75) is 66.4 Å². The maximum atomic E-state index is 13.3. The standard InChI is InChI=1S/C27H35NO4/c1-6-8-17-28(18-27(3,4)5)22(7-2)32-26-25(30)23-20(15-12-16-21(23)31-26)24(29)19-13-10-9-11-14-19/h9-16,22,26H,6-8,17-18H2,1-5H3. The molecule has 0 saturated heterocycles. The number of ketones is 2. The molecule has 0 bridgehead atoms. The zero-order valence-electron chi connectivity index (χ0n) is 19.9. The lowest BCUT2D eigenvalue weighted by Crippen LogP contribution is -2.45. The summed E-state index contributed by atoms with van der Waals surface area (Å²) in [5.41, 5.74) is 1.32. The van der Waals surface area contributed by atoms with E-state index in [-0.39, 0.29) is 23.2 Å². The fourth-order valence-electron chi connectivity index (χ4n) is 4.07. The summed E-state index contributed by atoms with van der Waals surface area (Å²) >= 11 is 0. The smallest absolute Gasteiger partial charge is 0.266 e. The summed E-state index contributed by atoms with van der Waals surface area (Å²) < 4.78 is 12.2. The molecule has 0 fully saturated rings. The SMILES string of the molecule is CCCCN(CC(C)(C)C)C(CC)OC1Oc2cccc(C(=O)c3ccccc3)c2C1=O. The summed E-state index contributed by atoms with van der Waals surface area (Å²) in [6.45, 7) is 12.6. The Morgan fingerprint density at radius 2 is 1.81 bits per heavy atom. The monoisotopic (exact) mass is 437 g/mol. The zero-order chi connectivity index (χ0) is 23.3. The van der Waals surface area contributed by atoms with Crippen molar-refractivity contribution in [3.05, 3.63) is 65.2 Å². The fourth-order valence-corrected chi connectivity index (χ4v) is 4.07. The van der Waals surface area contributed by atoms with Crippen LogP contribution in [0.15, 0.2) is 48.5 Å². The number of rotatable bonds is 10. The second-order valence-corrected chi connectivity index (χ2v) is 9.57. The molecule has 2 atom stereocenters. The molecule has 0 saturated carbocycles. The largest absolute Gasteiger partial charge is 0.456 e. The first-order valence-corrected chi connectivity index (χ1v) is 11.6. The molecule has 0 aromatic heterocycles. The van der Waals surface area contributed by atoms with E-state index in [1.807, 2.05) is 18.2 Å². The Morgan fingerprint density at radius 3 is 2.44 bits per heavy atom. The highest BCUT2D eigenvalue weighted by atomic mass is 16.7. The molecule has 0 amide bonds. The number of hydrogen-bond acceptors (Lipinski definition) is 5. The lowest BCUT2D eigenvalue weighted by molar-refractivity contribution is -0.150. The number of fused-ring (bicyclic) bond motifs is 1. The third kappa shape index (κ3) is 5.64. The number of hydrogen-bond donors (Lipinski definition) is 0. The van der Waals surface area contributed by atoms with Gasteiger partial charge in [-0.2, -0.15) is 0 Å². The summed E-state index contributed by atoms with van der Waals surface area (Å²) in [7, 11) is 0. The molecule has 2 aromatic carbocycles. The van der Waals surface area contributed by atoms with Gasteiger partial charge in [-0.3, -0.25) is 14.5 Å². The highest BCUT2D eigenvalue weighted by molar-refractivity contribution is 6.18. The first-order chi connectivity index (χ1) is 15.2. The average Bonchev–Trinajstić information content (AvgIpc) is 3.09. The van der Waals surface area contributed by atoms with Crippen LogP contribution in [0.5, 0.6) is 5.75 Å². The average molecular weight is 438 g/mol. The number of nitrogens with zero attached hydrogens (tertiary/aromatic N) is 1. The Kier molecular flexibility index (Phi) is 7.86. The van der Waals surface area contributed by atoms with Gasteiger partial charge >= 0.3 is 0 Å². The normalized spacial score (nSPS) is 16.7. The topological polar surface area (TPSA) is 55.8 Å². The van der Waals surface area contributed by atoms with E-state index < -0.39 is 6.29 Å². The number of ether oxygens (including phenoxy) is 2. The molecule has 32 heavy (non-hydrogen) atoms. The van der Waals surface area contributed by atoms with Crippen LogP contribution in [-0.2, 0) is 4.74 Å². The molecule has 0 radical (unpaired) electrons. The van der Waals surface area contributed by atoms with Crippen LogP contribution in [0.3, 0.4) is 0 Å². The molecular formula is C27H35NO4. The van der Waals surface area contributed by atoms with E-state index in [0.29, 0.717) is 22.4 Å². The van der Waals surface area contributed by atoms with Gasteiger partial charge in [0.2, 0.25) is 5.78 Å². The molecule has 0 spiro atoms. The maximum Gasteiger partial charge on any atom is 0.266 e. The molecule has 1 heterocycles. The first-order valence-electron chi connectivity index (χ1n) is 11.6. The molecule has 0 N–H and O–H groups in total. The van der Waals surface area contributed by atoms with E-state index in [9.17, 15) is 9.59 Å². The van der Waals surface area contributed by atoms with E-state index in [1.54, 1.807) is 30.3 Å². The van der Waals surface area contributed by atoms with Crippen molar-refractivity contribution in [1.82, 2.24) is 4.90 Å². The van der Waals surface area contributed by atoms with Gasteiger partial charge in [0.05, 0.1) is 5.56 Å². The van der Waals surface area contributed by atoms with E-state index in [0.717, 1.165) is 32.4 Å². The first kappa shape index (κ1) is 24.1. The van der Waals surface area contributed by atoms with Gasteiger partial charge < -0.3 is 9.47 Å². The van der Waals surface area contributed by atoms with Crippen molar-refractivity contribution in [2.24, 2.45) is 5.41 Å². The van der Waals surface area contributed by atoms with Gasteiger partial charge in [-0.1, -0.05) is 83.5 Å². The van der Waals surface area contributed by atoms with Crippen molar-refractivity contribution in [3.63, 3.8) is 0 Å². The number of benzene rings is 2. The van der Waals surface area contributed by atoms with Crippen molar-refractivity contribution in [3.8, 4) is 5.75 Å². The third-order valence-corrected chi connectivity index (χ3v) is 5.51. The quantitative estimate of drug-likeness (QED) is 0.351. The van der Waals surface area contributed by atoms with Crippen molar-refractivity contribution < 1.29 is 19.1 Å². The van der Waals surface area contributed by atoms with Crippen molar-refractivity contribution in [2.75, 3.05) is 13.1 Å². The van der Waals surface area contributed by atoms with Gasteiger partial charge in [0.1, 0.15) is 12.0 Å². The molecule has 5 nitrogen and oxygen atoms in total. The van der Waals surface area contributed by atoms with E-state index in [1.165, 1.54) is 0 Å². The summed E-state index contributed by atoms with van der Waals surface area (Å²) in [6, 6.07) is 14.1. The maximum absolute atomic E-state index is 13.3. The van der Waals surface area contributed by atoms with Crippen molar-refractivity contribution in [1.29, 1.82) is 0 Å². The van der Waals surface area contributed by atoms with E-state index in [4.69, 9.17) is 9.47 Å². The molecule has 172 valence electrons. The van der Waals surface area contributed by atoms with Gasteiger partial charge in [-0.05, 0) is 24.3 Å². The minimum absolute atomic E-state index is 0.100. The molecule has 5 heteroatoms. The third-order valence-electron chi connectivity index (χ3n) is 5.51. The summed E-state index contributed by atoms with van der Waals surface area (Å²) in [5.74, 6) is -0.0681. The molecule has 0 aliphatic carbocycles. The minimum Gasteiger partial charge on any atom is -0.456 e. The van der Waals surface area contributed by atoms with Gasteiger partial charge in [-0.15, -0.1) is 0 Å². The summed E-state index contributed by atoms with van der Waals surface area (Å²) in [5, 5.41) is 0. The molecule has 2 unspecified atom stereocenters. The van der Waals surface area contributed by atoms with Crippen LogP contribution in [0, 0.1) is 5.41 Å². The lowest BCUT2D eigenvalue weighted by Gasteiger charge is -2.36. The Bertz CT molecular complexity index is 932. The van der Waals surface area contributed by atoms with Crippen molar-refractivity contribution >= 4 is 11.6 Å². The van der Waals surface area contributed by atoms with Crippen LogP contribution < -0.4 is 4.74 Å². The van der Waals surface area contributed by atoms with E-state index >= 15 is 0 Å². The highest BCUT2D eigenvalue weighted by Gasteiger charge is 2.39. The van der Waals surface area contributed by atoms with Gasteiger partial charge in [-0.25, -0.2) is 0 Å². The number of unbranched alkanes of at least 4 members (excludes halogenated alkanes) is 1. The molecule has 1 aliphatic heterocycles. The van der Waals surface area contributed by atoms with Gasteiger partial charge in [0, 0.05) is 24.2 Å². The molecular weight excluding hydrogens is 402 g/mol. The van der Waals surface area contributed by atoms with Crippen LogP contribution >= 0.6 is 0 Å². The predicted molar refractivity (Wildman–Crippen MR) is 126 cm³/mol. The fraction of sp³-hybridized carbons (Fsp3) is 0.481. The minimum atomic E-state index is -1.04. The van der Waals surface area contributed by atoms with Gasteiger partial charge in [0.25, 0.3) is 6.29 Å². The van der Waals surface area contributed by atoms with Crippen LogP contribution in [0.25, 0.3) is 0 Å². The Hall–Kier alpha value is -2.50. The second kappa shape index (κ2) is 10.4. The van der Waals surface area contributed by atoms with Crippen LogP contribution in [0.4, 0.5) is 0 Å². The summed E-state index contributed by atoms with van der Waals surface area (Å²) in [6.07, 6.45) is 1.61. The molecule has 1 aliphatic rings. The Labute approximate surface area is 191 Å². The molecule has 3 rings (SSSR count). The Balaban J connectivity index is 1.82. The summed E-state index contributed by atoms with van der Waals surface area (Å²) in [4.78, 5) is 28.7. The van der Waals surface area contributed by atoms with Crippen LogP contribution in [-0.4, -0.2) is 42.1 Å². The highest BCUT2D eigenvalue weighted by Crippen LogP contribution is 2.34. The number of carbonyl (C=O) groups is 2. The van der Waals surface area contributed by atoms with Crippen LogP contribution in [0.1, 0.15) is 80.2 Å². The lowest BCUT2D eigenvalue weighted by atomic mass is 9.95.